The maximum atomic E-state index is 10.9. The van der Waals surface area contributed by atoms with E-state index in [-0.39, 0.29) is 5.88 Å². The van der Waals surface area contributed by atoms with Gasteiger partial charge in [-0.2, -0.15) is 10.1 Å². The summed E-state index contributed by atoms with van der Waals surface area (Å²) in [4.78, 5) is 9.72. The van der Waals surface area contributed by atoms with E-state index in [0.29, 0.717) is 14.9 Å². The minimum atomic E-state index is 0.0209. The second-order valence-electron chi connectivity index (χ2n) is 7.84. The summed E-state index contributed by atoms with van der Waals surface area (Å²) in [6.45, 7) is 3.70. The molecule has 0 spiro atoms. The molecule has 9 heteroatoms. The Balaban J connectivity index is 1.62. The van der Waals surface area contributed by atoms with Crippen molar-refractivity contribution in [3.05, 3.63) is 68.6 Å². The number of rotatable bonds is 4. The van der Waals surface area contributed by atoms with E-state index in [1.165, 1.54) is 11.3 Å². The van der Waals surface area contributed by atoms with Crippen LogP contribution in [0.5, 0.6) is 5.88 Å². The minimum Gasteiger partial charge on any atom is -0.492 e. The largest absolute Gasteiger partial charge is 0.492 e. The molecule has 1 fully saturated rings. The Labute approximate surface area is 199 Å². The molecule has 2 aromatic carbocycles. The number of likely N-dealkylation sites (N-methyl/N-ethyl adjacent to an activating group) is 1. The normalized spacial score (nSPS) is 15.6. The van der Waals surface area contributed by atoms with E-state index < -0.39 is 0 Å². The van der Waals surface area contributed by atoms with Gasteiger partial charge in [0.15, 0.2) is 5.13 Å². The van der Waals surface area contributed by atoms with Crippen LogP contribution in [0.1, 0.15) is 16.0 Å². The van der Waals surface area contributed by atoms with E-state index in [1.54, 1.807) is 18.3 Å². The molecule has 0 radical (unpaired) electrons. The summed E-state index contributed by atoms with van der Waals surface area (Å²) in [5, 5.41) is 20.9. The minimum absolute atomic E-state index is 0.0209. The summed E-state index contributed by atoms with van der Waals surface area (Å²) < 4.78 is 0. The van der Waals surface area contributed by atoms with Crippen LogP contribution in [0.15, 0.2) is 42.6 Å². The lowest BCUT2D eigenvalue weighted by Crippen LogP contribution is -2.44. The Bertz CT molecular complexity index is 1310. The molecule has 32 heavy (non-hydrogen) atoms. The van der Waals surface area contributed by atoms with Crippen LogP contribution < -0.4 is 4.90 Å². The molecular formula is C23H21Cl2N5OS. The molecule has 2 N–H and O–H groups in total. The van der Waals surface area contributed by atoms with Gasteiger partial charge in [0, 0.05) is 47.2 Å². The Morgan fingerprint density at radius 3 is 2.72 bits per heavy atom. The molecule has 0 saturated carbocycles. The van der Waals surface area contributed by atoms with E-state index in [2.05, 4.69) is 32.0 Å². The number of nitrogens with zero attached hydrogens (tertiary/aromatic N) is 4. The van der Waals surface area contributed by atoms with E-state index in [9.17, 15) is 5.11 Å². The van der Waals surface area contributed by atoms with Crippen molar-refractivity contribution < 1.29 is 5.11 Å². The van der Waals surface area contributed by atoms with Gasteiger partial charge in [-0.15, -0.1) is 0 Å². The second kappa shape index (κ2) is 8.75. The van der Waals surface area contributed by atoms with Crippen LogP contribution in [0.25, 0.3) is 22.6 Å². The summed E-state index contributed by atoms with van der Waals surface area (Å²) >= 11 is 14.1. The molecule has 1 saturated heterocycles. The number of aromatic nitrogens is 3. The molecule has 0 atom stereocenters. The lowest BCUT2D eigenvalue weighted by Gasteiger charge is -2.31. The van der Waals surface area contributed by atoms with Gasteiger partial charge in [0.05, 0.1) is 11.7 Å². The van der Waals surface area contributed by atoms with Crippen LogP contribution in [0, 0.1) is 0 Å². The number of halogens is 2. The van der Waals surface area contributed by atoms with Crippen LogP contribution in [0.3, 0.4) is 0 Å². The van der Waals surface area contributed by atoms with Crippen LogP contribution in [-0.2, 0) is 0 Å². The first-order chi connectivity index (χ1) is 15.5. The number of piperazine rings is 1. The molecule has 4 aromatic rings. The van der Waals surface area contributed by atoms with Gasteiger partial charge in [0.2, 0.25) is 5.88 Å². The van der Waals surface area contributed by atoms with Gasteiger partial charge in [-0.25, -0.2) is 0 Å². The number of aromatic hydroxyl groups is 1. The topological polar surface area (TPSA) is 68.3 Å². The summed E-state index contributed by atoms with van der Waals surface area (Å²) in [7, 11) is 2.12. The molecule has 2 aromatic heterocycles. The molecule has 0 amide bonds. The smallest absolute Gasteiger partial charge is 0.232 e. The van der Waals surface area contributed by atoms with Gasteiger partial charge in [-0.1, -0.05) is 46.7 Å². The zero-order chi connectivity index (χ0) is 22.2. The van der Waals surface area contributed by atoms with Gasteiger partial charge >= 0.3 is 0 Å². The van der Waals surface area contributed by atoms with Crippen molar-refractivity contribution in [1.82, 2.24) is 20.1 Å². The van der Waals surface area contributed by atoms with Crippen molar-refractivity contribution in [1.29, 1.82) is 0 Å². The average molecular weight is 486 g/mol. The van der Waals surface area contributed by atoms with Crippen molar-refractivity contribution >= 4 is 62.2 Å². The number of hydrogen-bond acceptors (Lipinski definition) is 6. The highest BCUT2D eigenvalue weighted by atomic mass is 35.5. The molecule has 164 valence electrons. The number of aromatic amines is 1. The third-order valence-corrected chi connectivity index (χ3v) is 7.33. The van der Waals surface area contributed by atoms with Crippen LogP contribution in [0.2, 0.25) is 10.0 Å². The van der Waals surface area contributed by atoms with Gasteiger partial charge in [0.25, 0.3) is 0 Å². The number of hydrogen-bond donors (Lipinski definition) is 2. The second-order valence-corrected chi connectivity index (χ2v) is 9.66. The average Bonchev–Trinajstić information content (AvgIpc) is 3.40. The Hall–Kier alpha value is -2.58. The predicted molar refractivity (Wildman–Crippen MR) is 133 cm³/mol. The first-order valence-electron chi connectivity index (χ1n) is 10.2. The molecule has 3 heterocycles. The third kappa shape index (κ3) is 4.21. The molecule has 0 unspecified atom stereocenters. The lowest BCUT2D eigenvalue weighted by atomic mass is 10.00. The molecule has 1 aliphatic rings. The molecule has 0 bridgehead atoms. The molecule has 0 aliphatic carbocycles. The predicted octanol–water partition coefficient (Wildman–Crippen LogP) is 5.37. The zero-order valence-electron chi connectivity index (χ0n) is 17.3. The van der Waals surface area contributed by atoms with Crippen LogP contribution in [-0.4, -0.2) is 58.4 Å². The fraction of sp³-hybridized carbons (Fsp3) is 0.217. The quantitative estimate of drug-likeness (QED) is 0.380. The number of nitrogens with one attached hydrogen (secondary N) is 1. The number of thiazole rings is 1. The number of benzene rings is 2. The molecule has 1 aliphatic heterocycles. The number of anilines is 1. The highest BCUT2D eigenvalue weighted by Crippen LogP contribution is 2.41. The van der Waals surface area contributed by atoms with Crippen molar-refractivity contribution in [2.24, 2.45) is 0 Å². The van der Waals surface area contributed by atoms with Gasteiger partial charge in [0.1, 0.15) is 4.88 Å². The summed E-state index contributed by atoms with van der Waals surface area (Å²) in [5.41, 5.74) is 3.54. The summed E-state index contributed by atoms with van der Waals surface area (Å²) in [6, 6.07) is 11.4. The molecular weight excluding hydrogens is 465 g/mol. The maximum absolute atomic E-state index is 10.9. The maximum Gasteiger partial charge on any atom is 0.232 e. The highest BCUT2D eigenvalue weighted by Gasteiger charge is 2.22. The number of H-pyrrole nitrogens is 1. The Morgan fingerprint density at radius 1 is 1.12 bits per heavy atom. The standard InChI is InChI=1S/C23H21Cl2N5OS/c1-29-6-8-30(9-7-29)23-27-22(31)21(32-23)18(11-15-2-4-17(24)12-19(15)25)14-3-5-20-16(10-14)13-26-28-20/h2-5,10-13,31H,6-9H2,1H3,(H,26,28). The highest BCUT2D eigenvalue weighted by molar-refractivity contribution is 7.17. The zero-order valence-corrected chi connectivity index (χ0v) is 19.7. The van der Waals surface area contributed by atoms with Crippen molar-refractivity contribution in [2.75, 3.05) is 38.1 Å². The first-order valence-corrected chi connectivity index (χ1v) is 11.8. The Kier molecular flexibility index (Phi) is 5.82. The fourth-order valence-corrected chi connectivity index (χ4v) is 5.29. The molecule has 5 rings (SSSR count). The third-order valence-electron chi connectivity index (χ3n) is 5.63. The number of fused-ring (bicyclic) bond motifs is 1. The molecule has 6 nitrogen and oxygen atoms in total. The van der Waals surface area contributed by atoms with E-state index in [1.807, 2.05) is 30.3 Å². The van der Waals surface area contributed by atoms with Gasteiger partial charge in [-0.3, -0.25) is 5.10 Å². The van der Waals surface area contributed by atoms with Crippen molar-refractivity contribution in [2.45, 2.75) is 0 Å². The van der Waals surface area contributed by atoms with E-state index in [4.69, 9.17) is 23.2 Å². The lowest BCUT2D eigenvalue weighted by molar-refractivity contribution is 0.312. The first kappa shape index (κ1) is 21.3. The monoisotopic (exact) mass is 485 g/mol. The SMILES string of the molecule is CN1CCN(c2nc(O)c(C(=Cc3ccc(Cl)cc3Cl)c3ccc4[nH]ncc4c3)s2)CC1. The fourth-order valence-electron chi connectivity index (χ4n) is 3.77. The van der Waals surface area contributed by atoms with Gasteiger partial charge in [-0.05, 0) is 48.5 Å². The van der Waals surface area contributed by atoms with Crippen LogP contribution in [0.4, 0.5) is 5.13 Å². The van der Waals surface area contributed by atoms with E-state index in [0.717, 1.165) is 58.9 Å². The summed E-state index contributed by atoms with van der Waals surface area (Å²) in [5.74, 6) is 0.0209. The Morgan fingerprint density at radius 2 is 1.94 bits per heavy atom. The summed E-state index contributed by atoms with van der Waals surface area (Å²) in [6.07, 6.45) is 3.76. The van der Waals surface area contributed by atoms with Crippen molar-refractivity contribution in [3.8, 4) is 5.88 Å². The van der Waals surface area contributed by atoms with Crippen LogP contribution >= 0.6 is 34.5 Å². The van der Waals surface area contributed by atoms with E-state index >= 15 is 0 Å². The van der Waals surface area contributed by atoms with Gasteiger partial charge < -0.3 is 14.9 Å². The van der Waals surface area contributed by atoms with Crippen molar-refractivity contribution in [3.63, 3.8) is 0 Å².